The number of rotatable bonds is 2. The summed E-state index contributed by atoms with van der Waals surface area (Å²) in [7, 11) is 0. The van der Waals surface area contributed by atoms with Crippen LogP contribution in [0.25, 0.3) is 0 Å². The molecule has 2 saturated carbocycles. The molecule has 1 aliphatic heterocycles. The second-order valence-corrected chi connectivity index (χ2v) is 7.45. The summed E-state index contributed by atoms with van der Waals surface area (Å²) in [5.41, 5.74) is 0.254. The molecule has 4 atom stereocenters. The zero-order valence-corrected chi connectivity index (χ0v) is 12.1. The number of amides is 2. The Morgan fingerprint density at radius 2 is 1.86 bits per heavy atom. The topological polar surface area (TPSA) is 49.7 Å². The number of hydrogen-bond donors (Lipinski definition) is 0. The maximum Gasteiger partial charge on any atom is 0.254 e. The predicted molar refractivity (Wildman–Crippen MR) is 78.5 cm³/mol. The average Bonchev–Trinajstić information content (AvgIpc) is 2.77. The fourth-order valence-corrected chi connectivity index (χ4v) is 5.24. The lowest BCUT2D eigenvalue weighted by Crippen LogP contribution is -2.30. The van der Waals surface area contributed by atoms with Crippen molar-refractivity contribution < 1.29 is 9.59 Å². The fraction of sp³-hybridized carbons (Fsp3) is 0.438. The van der Waals surface area contributed by atoms with Crippen molar-refractivity contribution in [2.75, 3.05) is 0 Å². The highest BCUT2D eigenvalue weighted by Gasteiger charge is 2.73. The van der Waals surface area contributed by atoms with Gasteiger partial charge in [0.15, 0.2) is 0 Å². The molecule has 1 spiro atoms. The third-order valence-corrected chi connectivity index (χ3v) is 6.48. The van der Waals surface area contributed by atoms with E-state index in [9.17, 15) is 9.59 Å². The average molecular weight is 298 g/mol. The van der Waals surface area contributed by atoms with Crippen molar-refractivity contribution in [3.63, 3.8) is 0 Å². The van der Waals surface area contributed by atoms with Crippen LogP contribution in [0.2, 0.25) is 0 Å². The summed E-state index contributed by atoms with van der Waals surface area (Å²) in [5.74, 6) is 0.0320. The maximum atomic E-state index is 12.6. The minimum atomic E-state index is -0.157. The van der Waals surface area contributed by atoms with Gasteiger partial charge in [0.25, 0.3) is 11.8 Å². The third kappa shape index (κ3) is 1.33. The number of hydrazone groups is 1. The first-order valence-electron chi connectivity index (χ1n) is 7.36. The van der Waals surface area contributed by atoms with E-state index in [0.29, 0.717) is 0 Å². The molecule has 1 saturated heterocycles. The van der Waals surface area contributed by atoms with Gasteiger partial charge in [-0.3, -0.25) is 9.59 Å². The minimum absolute atomic E-state index is 0.0964. The summed E-state index contributed by atoms with van der Waals surface area (Å²) in [5, 5.41) is 7.24. The Morgan fingerprint density at radius 1 is 1.19 bits per heavy atom. The number of fused-ring (bicyclic) bond motifs is 3. The number of hydrogen-bond acceptors (Lipinski definition) is 4. The number of thiophene rings is 1. The molecule has 1 aromatic heterocycles. The summed E-state index contributed by atoms with van der Waals surface area (Å²) in [6.07, 6.45) is 8.31. The summed E-state index contributed by atoms with van der Waals surface area (Å²) in [6, 6.07) is 3.85. The first-order chi connectivity index (χ1) is 10.2. The Labute approximate surface area is 126 Å². The predicted octanol–water partition coefficient (Wildman–Crippen LogP) is 2.28. The maximum absolute atomic E-state index is 12.6. The summed E-state index contributed by atoms with van der Waals surface area (Å²) >= 11 is 1.54. The lowest BCUT2D eigenvalue weighted by molar-refractivity contribution is -0.141. The van der Waals surface area contributed by atoms with Gasteiger partial charge in [-0.1, -0.05) is 18.2 Å². The Balaban J connectivity index is 1.48. The third-order valence-electron chi connectivity index (χ3n) is 5.67. The van der Waals surface area contributed by atoms with Gasteiger partial charge in [-0.05, 0) is 41.5 Å². The van der Waals surface area contributed by atoms with Crippen LogP contribution in [-0.2, 0) is 9.59 Å². The van der Waals surface area contributed by atoms with Crippen molar-refractivity contribution >= 4 is 29.4 Å². The molecule has 2 bridgehead atoms. The van der Waals surface area contributed by atoms with Crippen LogP contribution in [0.15, 0.2) is 34.8 Å². The van der Waals surface area contributed by atoms with Gasteiger partial charge in [0.1, 0.15) is 0 Å². The van der Waals surface area contributed by atoms with E-state index < -0.39 is 0 Å². The van der Waals surface area contributed by atoms with E-state index in [4.69, 9.17) is 0 Å². The molecule has 4 aliphatic rings. The molecule has 2 amide bonds. The lowest BCUT2D eigenvalue weighted by Gasteiger charge is -2.18. The van der Waals surface area contributed by atoms with Crippen LogP contribution in [-0.4, -0.2) is 23.0 Å². The molecule has 21 heavy (non-hydrogen) atoms. The van der Waals surface area contributed by atoms with Crippen molar-refractivity contribution in [2.45, 2.75) is 12.8 Å². The molecular weight excluding hydrogens is 284 g/mol. The van der Waals surface area contributed by atoms with E-state index in [1.54, 1.807) is 17.6 Å². The highest BCUT2D eigenvalue weighted by molar-refractivity contribution is 7.11. The Kier molecular flexibility index (Phi) is 2.10. The molecule has 3 aliphatic carbocycles. The molecule has 5 heteroatoms. The van der Waals surface area contributed by atoms with Crippen LogP contribution >= 0.6 is 11.3 Å². The van der Waals surface area contributed by atoms with E-state index in [1.165, 1.54) is 12.8 Å². The van der Waals surface area contributed by atoms with Crippen molar-refractivity contribution in [1.82, 2.24) is 5.01 Å². The Hall–Kier alpha value is -1.75. The van der Waals surface area contributed by atoms with Gasteiger partial charge in [0, 0.05) is 4.88 Å². The smallest absolute Gasteiger partial charge is 0.254 e. The molecule has 106 valence electrons. The molecule has 0 radical (unpaired) electrons. The molecular formula is C16H14N2O2S. The van der Waals surface area contributed by atoms with Crippen LogP contribution in [0.3, 0.4) is 0 Å². The summed E-state index contributed by atoms with van der Waals surface area (Å²) < 4.78 is 0. The first kappa shape index (κ1) is 11.9. The summed E-state index contributed by atoms with van der Waals surface area (Å²) in [6.45, 7) is 0. The standard InChI is InChI=1S/C16H14N2O2S/c19-14-12-10-3-4-11(16(10)5-6-16)13(12)15(20)18(14)17-8-9-2-1-7-21-9/h1-4,7-8,10-13H,5-6H2/b17-8-/t10-,11-,12-,13-/m0/s1. The van der Waals surface area contributed by atoms with Gasteiger partial charge in [-0.25, -0.2) is 0 Å². The van der Waals surface area contributed by atoms with Crippen molar-refractivity contribution in [3.05, 3.63) is 34.5 Å². The van der Waals surface area contributed by atoms with E-state index >= 15 is 0 Å². The van der Waals surface area contributed by atoms with Crippen LogP contribution in [0.5, 0.6) is 0 Å². The molecule has 2 heterocycles. The Morgan fingerprint density at radius 3 is 2.38 bits per heavy atom. The number of imide groups is 1. The second-order valence-electron chi connectivity index (χ2n) is 6.47. The number of allylic oxidation sites excluding steroid dienone is 2. The number of carbonyl (C=O) groups is 2. The van der Waals surface area contributed by atoms with E-state index in [0.717, 1.165) is 9.89 Å². The molecule has 5 rings (SSSR count). The van der Waals surface area contributed by atoms with Crippen molar-refractivity contribution in [3.8, 4) is 0 Å². The highest BCUT2D eigenvalue weighted by atomic mass is 32.1. The largest absolute Gasteiger partial charge is 0.272 e. The highest BCUT2D eigenvalue weighted by Crippen LogP contribution is 2.73. The van der Waals surface area contributed by atoms with E-state index in [2.05, 4.69) is 17.3 Å². The molecule has 0 N–H and O–H groups in total. The molecule has 0 unspecified atom stereocenters. The van der Waals surface area contributed by atoms with Gasteiger partial charge in [-0.2, -0.15) is 10.1 Å². The van der Waals surface area contributed by atoms with E-state index in [1.807, 2.05) is 17.5 Å². The lowest BCUT2D eigenvalue weighted by atomic mass is 9.85. The zero-order valence-electron chi connectivity index (χ0n) is 11.3. The van der Waals surface area contributed by atoms with Gasteiger partial charge in [0.2, 0.25) is 0 Å². The van der Waals surface area contributed by atoms with Crippen LogP contribution in [0.4, 0.5) is 0 Å². The quantitative estimate of drug-likeness (QED) is 0.478. The van der Waals surface area contributed by atoms with Gasteiger partial charge >= 0.3 is 0 Å². The van der Waals surface area contributed by atoms with E-state index in [-0.39, 0.29) is 40.9 Å². The minimum Gasteiger partial charge on any atom is -0.272 e. The molecule has 4 nitrogen and oxygen atoms in total. The second kappa shape index (κ2) is 3.71. The normalized spacial score (nSPS) is 38.2. The molecule has 0 aromatic carbocycles. The molecule has 1 aromatic rings. The van der Waals surface area contributed by atoms with Gasteiger partial charge in [0.05, 0.1) is 18.1 Å². The first-order valence-corrected chi connectivity index (χ1v) is 8.24. The number of carbonyl (C=O) groups excluding carboxylic acids is 2. The monoisotopic (exact) mass is 298 g/mol. The van der Waals surface area contributed by atoms with Crippen LogP contribution in [0, 0.1) is 29.1 Å². The fourth-order valence-electron chi connectivity index (χ4n) is 4.66. The van der Waals surface area contributed by atoms with Crippen LogP contribution < -0.4 is 0 Å². The van der Waals surface area contributed by atoms with Gasteiger partial charge in [-0.15, -0.1) is 11.3 Å². The molecule has 3 fully saturated rings. The Bertz CT molecular complexity index is 668. The van der Waals surface area contributed by atoms with Gasteiger partial charge < -0.3 is 0 Å². The number of nitrogens with zero attached hydrogens (tertiary/aromatic N) is 2. The summed E-state index contributed by atoms with van der Waals surface area (Å²) in [4.78, 5) is 26.2. The van der Waals surface area contributed by atoms with Crippen LogP contribution in [0.1, 0.15) is 17.7 Å². The zero-order chi connectivity index (χ0) is 14.2. The SMILES string of the molecule is O=C1[C@@H]2[C@@H](C(=O)N1/N=C\c1cccs1)[C@@H]1C=C[C@@H]2C12CC2. The van der Waals surface area contributed by atoms with Crippen molar-refractivity contribution in [1.29, 1.82) is 0 Å². The van der Waals surface area contributed by atoms with Crippen molar-refractivity contribution in [2.24, 2.45) is 34.2 Å².